The topological polar surface area (TPSA) is 109 Å². The number of hydrogen-bond acceptors (Lipinski definition) is 5. The molecule has 1 fully saturated rings. The predicted octanol–water partition coefficient (Wildman–Crippen LogP) is 2.19. The lowest BCUT2D eigenvalue weighted by Crippen LogP contribution is -2.55. The predicted molar refractivity (Wildman–Crippen MR) is 130 cm³/mol. The average Bonchev–Trinajstić information content (AvgIpc) is 3.17. The fraction of sp³-hybridized carbons (Fsp3) is 0.450. The smallest absolute Gasteiger partial charge is 0.269 e. The molecule has 1 aromatic heterocycles. The Morgan fingerprint density at radius 1 is 1.26 bits per heavy atom. The number of amides is 1. The molecule has 0 bridgehead atoms. The van der Waals surface area contributed by atoms with Gasteiger partial charge in [-0.05, 0) is 24.8 Å². The Balaban J connectivity index is 0.00000341. The van der Waals surface area contributed by atoms with Gasteiger partial charge in [-0.2, -0.15) is 5.10 Å². The Morgan fingerprint density at radius 2 is 2.00 bits per heavy atom. The van der Waals surface area contributed by atoms with Gasteiger partial charge < -0.3 is 15.1 Å². The van der Waals surface area contributed by atoms with Crippen LogP contribution in [-0.4, -0.2) is 64.7 Å². The SMILES string of the molecule is CN=C(NCCCCc1ccc([N+](=O)[O-])cc1)N1CCN(c2cnn(C)c2)C(=O)C1.I. The zero-order valence-corrected chi connectivity index (χ0v) is 20.1. The first-order valence-electron chi connectivity index (χ1n) is 9.96. The number of halogens is 1. The maximum atomic E-state index is 12.6. The summed E-state index contributed by atoms with van der Waals surface area (Å²) >= 11 is 0. The standard InChI is InChI=1S/C20H27N7O3.HI/c1-21-20(22-10-4-3-5-16-6-8-17(9-7-16)27(29)30)25-11-12-26(19(28)15-25)18-13-23-24(2)14-18;/h6-9,13-14H,3-5,10-12,15H2,1-2H3,(H,21,22);1H. The third-order valence-corrected chi connectivity index (χ3v) is 5.06. The average molecular weight is 541 g/mol. The molecule has 1 aromatic carbocycles. The Kier molecular flexibility index (Phi) is 9.21. The third kappa shape index (κ3) is 6.64. The number of nitrogens with zero attached hydrogens (tertiary/aromatic N) is 6. The van der Waals surface area contributed by atoms with Crippen LogP contribution in [0.4, 0.5) is 11.4 Å². The number of nitrogens with one attached hydrogen (secondary N) is 1. The summed E-state index contributed by atoms with van der Waals surface area (Å²) in [5.41, 5.74) is 2.01. The maximum absolute atomic E-state index is 12.6. The van der Waals surface area contributed by atoms with E-state index in [2.05, 4.69) is 15.4 Å². The number of non-ortho nitro benzene ring substituents is 1. The lowest BCUT2D eigenvalue weighted by molar-refractivity contribution is -0.384. The number of guanidine groups is 1. The van der Waals surface area contributed by atoms with E-state index in [1.807, 2.05) is 18.1 Å². The number of rotatable bonds is 7. The molecule has 1 saturated heterocycles. The van der Waals surface area contributed by atoms with Crippen molar-refractivity contribution in [3.8, 4) is 0 Å². The van der Waals surface area contributed by atoms with Crippen LogP contribution in [0, 0.1) is 10.1 Å². The van der Waals surface area contributed by atoms with E-state index < -0.39 is 0 Å². The number of aliphatic imine (C=N–C) groups is 1. The van der Waals surface area contributed by atoms with Gasteiger partial charge in [0.15, 0.2) is 5.96 Å². The van der Waals surface area contributed by atoms with E-state index in [0.717, 1.165) is 43.0 Å². The van der Waals surface area contributed by atoms with Crippen molar-refractivity contribution in [2.45, 2.75) is 19.3 Å². The molecule has 3 rings (SSSR count). The molecule has 2 aromatic rings. The molecule has 2 heterocycles. The number of nitro groups is 1. The number of aryl methyl sites for hydroxylation is 2. The molecule has 31 heavy (non-hydrogen) atoms. The molecule has 0 atom stereocenters. The minimum Gasteiger partial charge on any atom is -0.356 e. The highest BCUT2D eigenvalue weighted by Gasteiger charge is 2.27. The van der Waals surface area contributed by atoms with E-state index in [9.17, 15) is 14.9 Å². The zero-order valence-electron chi connectivity index (χ0n) is 17.7. The van der Waals surface area contributed by atoms with E-state index in [1.54, 1.807) is 35.0 Å². The molecular formula is C20H28IN7O3. The van der Waals surface area contributed by atoms with Crippen LogP contribution in [0.2, 0.25) is 0 Å². The fourth-order valence-electron chi connectivity index (χ4n) is 3.45. The number of carbonyl (C=O) groups excluding carboxylic acids is 1. The van der Waals surface area contributed by atoms with Crippen molar-refractivity contribution in [2.24, 2.45) is 12.0 Å². The third-order valence-electron chi connectivity index (χ3n) is 5.06. The molecule has 1 amide bonds. The van der Waals surface area contributed by atoms with E-state index in [4.69, 9.17) is 0 Å². The van der Waals surface area contributed by atoms with Crippen molar-refractivity contribution < 1.29 is 9.72 Å². The molecule has 0 spiro atoms. The van der Waals surface area contributed by atoms with Gasteiger partial charge in [0.05, 0.1) is 16.8 Å². The summed E-state index contributed by atoms with van der Waals surface area (Å²) in [6.45, 7) is 2.31. The number of anilines is 1. The maximum Gasteiger partial charge on any atom is 0.269 e. The number of carbonyl (C=O) groups is 1. The van der Waals surface area contributed by atoms with Gasteiger partial charge in [-0.15, -0.1) is 24.0 Å². The number of piperazine rings is 1. The molecule has 11 heteroatoms. The molecule has 0 unspecified atom stereocenters. The number of benzene rings is 1. The fourth-order valence-corrected chi connectivity index (χ4v) is 3.45. The largest absolute Gasteiger partial charge is 0.356 e. The van der Waals surface area contributed by atoms with Crippen LogP contribution in [0.5, 0.6) is 0 Å². The normalized spacial score (nSPS) is 14.4. The molecule has 0 radical (unpaired) electrons. The second-order valence-electron chi connectivity index (χ2n) is 7.19. The first-order chi connectivity index (χ1) is 14.5. The van der Waals surface area contributed by atoms with Crippen LogP contribution in [0.1, 0.15) is 18.4 Å². The molecule has 0 saturated carbocycles. The summed E-state index contributed by atoms with van der Waals surface area (Å²) in [6, 6.07) is 6.69. The van der Waals surface area contributed by atoms with Crippen LogP contribution >= 0.6 is 24.0 Å². The Hall–Kier alpha value is -2.70. The highest BCUT2D eigenvalue weighted by molar-refractivity contribution is 14.0. The van der Waals surface area contributed by atoms with Gasteiger partial charge in [-0.1, -0.05) is 12.1 Å². The van der Waals surface area contributed by atoms with Gasteiger partial charge in [-0.25, -0.2) is 0 Å². The summed E-state index contributed by atoms with van der Waals surface area (Å²) in [5.74, 6) is 0.750. The van der Waals surface area contributed by atoms with Gasteiger partial charge in [-0.3, -0.25) is 24.6 Å². The Bertz CT molecular complexity index is 914. The molecule has 10 nitrogen and oxygen atoms in total. The van der Waals surface area contributed by atoms with Crippen LogP contribution in [0.25, 0.3) is 0 Å². The summed E-state index contributed by atoms with van der Waals surface area (Å²) in [7, 11) is 3.55. The summed E-state index contributed by atoms with van der Waals surface area (Å²) in [5, 5.41) is 18.2. The molecule has 0 aliphatic carbocycles. The van der Waals surface area contributed by atoms with E-state index in [-0.39, 0.29) is 47.0 Å². The van der Waals surface area contributed by atoms with Crippen molar-refractivity contribution in [2.75, 3.05) is 38.1 Å². The quantitative estimate of drug-likeness (QED) is 0.144. The molecular weight excluding hydrogens is 513 g/mol. The second kappa shape index (κ2) is 11.6. The van der Waals surface area contributed by atoms with E-state index >= 15 is 0 Å². The summed E-state index contributed by atoms with van der Waals surface area (Å²) in [4.78, 5) is 30.9. The van der Waals surface area contributed by atoms with Crippen LogP contribution in [0.15, 0.2) is 41.7 Å². The Labute approximate surface area is 198 Å². The molecule has 1 aliphatic heterocycles. The van der Waals surface area contributed by atoms with Crippen LogP contribution < -0.4 is 10.2 Å². The van der Waals surface area contributed by atoms with Crippen molar-refractivity contribution in [1.29, 1.82) is 0 Å². The first kappa shape index (κ1) is 24.6. The van der Waals surface area contributed by atoms with Crippen LogP contribution in [-0.2, 0) is 18.3 Å². The summed E-state index contributed by atoms with van der Waals surface area (Å²) in [6.07, 6.45) is 6.28. The highest BCUT2D eigenvalue weighted by atomic mass is 127. The Morgan fingerprint density at radius 3 is 2.58 bits per heavy atom. The monoisotopic (exact) mass is 541 g/mol. The number of nitro benzene ring substituents is 1. The first-order valence-corrected chi connectivity index (χ1v) is 9.96. The number of unbranched alkanes of at least 4 members (excludes halogenated alkanes) is 1. The van der Waals surface area contributed by atoms with Gasteiger partial charge >= 0.3 is 0 Å². The van der Waals surface area contributed by atoms with E-state index in [0.29, 0.717) is 13.1 Å². The van der Waals surface area contributed by atoms with Crippen LogP contribution in [0.3, 0.4) is 0 Å². The lowest BCUT2D eigenvalue weighted by Gasteiger charge is -2.35. The number of aromatic nitrogens is 2. The molecule has 1 aliphatic rings. The van der Waals surface area contributed by atoms with Gasteiger partial charge in [0, 0.05) is 52.1 Å². The van der Waals surface area contributed by atoms with Crippen molar-refractivity contribution >= 4 is 47.2 Å². The van der Waals surface area contributed by atoms with Gasteiger partial charge in [0.2, 0.25) is 5.91 Å². The van der Waals surface area contributed by atoms with E-state index in [1.165, 1.54) is 12.1 Å². The minimum atomic E-state index is -0.388. The zero-order chi connectivity index (χ0) is 21.5. The lowest BCUT2D eigenvalue weighted by atomic mass is 10.1. The molecule has 1 N–H and O–H groups in total. The number of hydrogen-bond donors (Lipinski definition) is 1. The van der Waals surface area contributed by atoms with Crippen molar-refractivity contribution in [1.82, 2.24) is 20.0 Å². The summed E-state index contributed by atoms with van der Waals surface area (Å²) < 4.78 is 1.69. The second-order valence-corrected chi connectivity index (χ2v) is 7.19. The van der Waals surface area contributed by atoms with Crippen molar-refractivity contribution in [3.63, 3.8) is 0 Å². The van der Waals surface area contributed by atoms with Crippen molar-refractivity contribution in [3.05, 3.63) is 52.3 Å². The highest BCUT2D eigenvalue weighted by Crippen LogP contribution is 2.16. The van der Waals surface area contributed by atoms with Gasteiger partial charge in [0.1, 0.15) is 6.54 Å². The van der Waals surface area contributed by atoms with Gasteiger partial charge in [0.25, 0.3) is 5.69 Å². The molecule has 168 valence electrons. The minimum absolute atomic E-state index is 0.